The van der Waals surface area contributed by atoms with Crippen LogP contribution in [0, 0.1) is 36.5 Å². The number of aromatic amines is 1. The molecule has 1 N–H and O–H groups in total. The van der Waals surface area contributed by atoms with Crippen molar-refractivity contribution in [1.82, 2.24) is 20.4 Å². The molecule has 0 fully saturated rings. The lowest BCUT2D eigenvalue weighted by molar-refractivity contribution is 0.225. The summed E-state index contributed by atoms with van der Waals surface area (Å²) < 4.78 is 6.21. The zero-order valence-electron chi connectivity index (χ0n) is 16.8. The van der Waals surface area contributed by atoms with Crippen LogP contribution in [-0.2, 0) is 0 Å². The Morgan fingerprint density at radius 3 is 2.43 bits per heavy atom. The molecule has 0 unspecified atom stereocenters. The van der Waals surface area contributed by atoms with E-state index in [9.17, 15) is 10.5 Å². The normalized spacial score (nSPS) is 11.6. The van der Waals surface area contributed by atoms with E-state index in [4.69, 9.17) is 4.74 Å². The van der Waals surface area contributed by atoms with Gasteiger partial charge in [0.1, 0.15) is 17.5 Å². The van der Waals surface area contributed by atoms with Crippen molar-refractivity contribution in [2.45, 2.75) is 26.9 Å². The highest BCUT2D eigenvalue weighted by molar-refractivity contribution is 5.94. The van der Waals surface area contributed by atoms with E-state index in [1.807, 2.05) is 39.0 Å². The standard InChI is InChI=1S/C23H18N6O/c1-13-12-26-27-14(2)22(13)15(3)30-19-4-5-21-20(9-19)23(29-28-21)18-7-16(10-24)6-17(8-18)11-25/h4-9,12,15H,1-3H3,(H,28,29)/t15-/m1/s1. The maximum absolute atomic E-state index is 9.27. The van der Waals surface area contributed by atoms with Crippen molar-refractivity contribution in [3.63, 3.8) is 0 Å². The molecular formula is C23H18N6O. The molecule has 0 radical (unpaired) electrons. The van der Waals surface area contributed by atoms with E-state index < -0.39 is 0 Å². The lowest BCUT2D eigenvalue weighted by atomic mass is 10.0. The van der Waals surface area contributed by atoms with Gasteiger partial charge < -0.3 is 4.74 Å². The van der Waals surface area contributed by atoms with Crippen molar-refractivity contribution in [1.29, 1.82) is 10.5 Å². The Labute approximate surface area is 173 Å². The molecule has 30 heavy (non-hydrogen) atoms. The van der Waals surface area contributed by atoms with Gasteiger partial charge in [0.25, 0.3) is 0 Å². The minimum atomic E-state index is -0.208. The van der Waals surface area contributed by atoms with Crippen molar-refractivity contribution in [2.24, 2.45) is 0 Å². The number of nitriles is 2. The summed E-state index contributed by atoms with van der Waals surface area (Å²) in [4.78, 5) is 0. The number of nitrogens with one attached hydrogen (secondary N) is 1. The Bertz CT molecular complexity index is 1290. The summed E-state index contributed by atoms with van der Waals surface area (Å²) in [5.74, 6) is 0.685. The summed E-state index contributed by atoms with van der Waals surface area (Å²) in [5, 5.41) is 34.9. The molecular weight excluding hydrogens is 376 g/mol. The van der Waals surface area contributed by atoms with E-state index in [0.29, 0.717) is 28.1 Å². The molecule has 1 atom stereocenters. The monoisotopic (exact) mass is 394 g/mol. The number of hydrogen-bond donors (Lipinski definition) is 1. The number of aromatic nitrogens is 4. The van der Waals surface area contributed by atoms with Gasteiger partial charge in [0.05, 0.1) is 40.7 Å². The van der Waals surface area contributed by atoms with Crippen molar-refractivity contribution in [3.05, 3.63) is 70.5 Å². The van der Waals surface area contributed by atoms with E-state index >= 15 is 0 Å². The number of ether oxygens (including phenoxy) is 1. The summed E-state index contributed by atoms with van der Waals surface area (Å²) in [6.07, 6.45) is 1.52. The summed E-state index contributed by atoms with van der Waals surface area (Å²) >= 11 is 0. The highest BCUT2D eigenvalue weighted by atomic mass is 16.5. The Morgan fingerprint density at radius 1 is 1.03 bits per heavy atom. The minimum Gasteiger partial charge on any atom is -0.486 e. The maximum atomic E-state index is 9.27. The second kappa shape index (κ2) is 7.65. The highest BCUT2D eigenvalue weighted by Crippen LogP contribution is 2.32. The largest absolute Gasteiger partial charge is 0.486 e. The molecule has 0 saturated heterocycles. The van der Waals surface area contributed by atoms with Crippen LogP contribution in [0.25, 0.3) is 22.2 Å². The van der Waals surface area contributed by atoms with Crippen molar-refractivity contribution in [2.75, 3.05) is 0 Å². The van der Waals surface area contributed by atoms with Crippen molar-refractivity contribution >= 4 is 10.9 Å². The molecule has 0 aliphatic rings. The van der Waals surface area contributed by atoms with Crippen LogP contribution in [0.5, 0.6) is 5.75 Å². The summed E-state index contributed by atoms with van der Waals surface area (Å²) in [6, 6.07) is 14.9. The molecule has 0 saturated carbocycles. The van der Waals surface area contributed by atoms with Crippen LogP contribution in [0.1, 0.15) is 41.0 Å². The third-order valence-electron chi connectivity index (χ3n) is 4.99. The van der Waals surface area contributed by atoms with Gasteiger partial charge in [-0.25, -0.2) is 0 Å². The molecule has 4 rings (SSSR count). The minimum absolute atomic E-state index is 0.208. The van der Waals surface area contributed by atoms with Gasteiger partial charge in [-0.15, -0.1) is 0 Å². The first-order valence-electron chi connectivity index (χ1n) is 9.39. The molecule has 2 aromatic heterocycles. The fraction of sp³-hybridized carbons (Fsp3) is 0.174. The number of fused-ring (bicyclic) bond motifs is 1. The fourth-order valence-corrected chi connectivity index (χ4v) is 3.67. The van der Waals surface area contributed by atoms with Crippen LogP contribution in [0.4, 0.5) is 0 Å². The first-order chi connectivity index (χ1) is 14.5. The van der Waals surface area contributed by atoms with Crippen LogP contribution in [0.3, 0.4) is 0 Å². The van der Waals surface area contributed by atoms with E-state index in [2.05, 4.69) is 32.5 Å². The Morgan fingerprint density at radius 2 is 1.77 bits per heavy atom. The third-order valence-corrected chi connectivity index (χ3v) is 4.99. The summed E-state index contributed by atoms with van der Waals surface area (Å²) in [5.41, 5.74) is 5.90. The molecule has 7 nitrogen and oxygen atoms in total. The predicted octanol–water partition coefficient (Wildman–Crippen LogP) is 4.52. The zero-order valence-corrected chi connectivity index (χ0v) is 16.8. The van der Waals surface area contributed by atoms with Gasteiger partial charge in [0.2, 0.25) is 0 Å². The Balaban J connectivity index is 1.74. The molecule has 0 spiro atoms. The molecule has 2 heterocycles. The van der Waals surface area contributed by atoms with Gasteiger partial charge in [-0.3, -0.25) is 5.10 Å². The smallest absolute Gasteiger partial charge is 0.123 e. The topological polar surface area (TPSA) is 111 Å². The zero-order chi connectivity index (χ0) is 21.3. The quantitative estimate of drug-likeness (QED) is 0.545. The van der Waals surface area contributed by atoms with E-state index in [1.54, 1.807) is 24.4 Å². The molecule has 0 bridgehead atoms. The average molecular weight is 394 g/mol. The van der Waals surface area contributed by atoms with Gasteiger partial charge in [0.15, 0.2) is 0 Å². The highest BCUT2D eigenvalue weighted by Gasteiger charge is 2.16. The average Bonchev–Trinajstić information content (AvgIpc) is 3.16. The van der Waals surface area contributed by atoms with Gasteiger partial charge in [-0.2, -0.15) is 25.8 Å². The van der Waals surface area contributed by atoms with Crippen LogP contribution >= 0.6 is 0 Å². The predicted molar refractivity (Wildman–Crippen MR) is 112 cm³/mol. The van der Waals surface area contributed by atoms with Crippen LogP contribution in [0.2, 0.25) is 0 Å². The number of H-pyrrole nitrogens is 1. The first-order valence-corrected chi connectivity index (χ1v) is 9.39. The molecule has 0 aliphatic carbocycles. The lowest BCUT2D eigenvalue weighted by Gasteiger charge is -2.18. The molecule has 4 aromatic rings. The molecule has 0 amide bonds. The second-order valence-electron chi connectivity index (χ2n) is 7.09. The summed E-state index contributed by atoms with van der Waals surface area (Å²) in [6.45, 7) is 5.89. The van der Waals surface area contributed by atoms with E-state index in [1.165, 1.54) is 0 Å². The van der Waals surface area contributed by atoms with Crippen molar-refractivity contribution in [3.8, 4) is 29.1 Å². The molecule has 146 valence electrons. The van der Waals surface area contributed by atoms with Gasteiger partial charge in [-0.1, -0.05) is 0 Å². The van der Waals surface area contributed by atoms with E-state index in [0.717, 1.165) is 27.7 Å². The molecule has 2 aromatic carbocycles. The van der Waals surface area contributed by atoms with Crippen LogP contribution in [0.15, 0.2) is 42.6 Å². The maximum Gasteiger partial charge on any atom is 0.123 e. The Hall–Kier alpha value is -4.23. The SMILES string of the molecule is Cc1cnnc(C)c1[C@@H](C)Oc1ccc2[nH]nc(-c3cc(C#N)cc(C#N)c3)c2c1. The fourth-order valence-electron chi connectivity index (χ4n) is 3.67. The van der Waals surface area contributed by atoms with E-state index in [-0.39, 0.29) is 6.10 Å². The molecule has 0 aliphatic heterocycles. The van der Waals surface area contributed by atoms with Crippen LogP contribution < -0.4 is 4.74 Å². The second-order valence-corrected chi connectivity index (χ2v) is 7.09. The number of hydrogen-bond acceptors (Lipinski definition) is 6. The number of aryl methyl sites for hydroxylation is 2. The van der Waals surface area contributed by atoms with Gasteiger partial charge in [-0.05, 0) is 62.7 Å². The number of benzene rings is 2. The Kier molecular flexibility index (Phi) is 4.87. The number of nitrogens with zero attached hydrogens (tertiary/aromatic N) is 5. The number of rotatable bonds is 4. The van der Waals surface area contributed by atoms with Gasteiger partial charge in [0, 0.05) is 16.5 Å². The lowest BCUT2D eigenvalue weighted by Crippen LogP contribution is -2.09. The first kappa shape index (κ1) is 19.1. The third kappa shape index (κ3) is 3.45. The van der Waals surface area contributed by atoms with Crippen molar-refractivity contribution < 1.29 is 4.74 Å². The molecule has 7 heteroatoms. The van der Waals surface area contributed by atoms with Gasteiger partial charge >= 0.3 is 0 Å². The summed E-state index contributed by atoms with van der Waals surface area (Å²) in [7, 11) is 0. The van der Waals surface area contributed by atoms with Crippen LogP contribution in [-0.4, -0.2) is 20.4 Å².